The lowest BCUT2D eigenvalue weighted by Crippen LogP contribution is -2.26. The van der Waals surface area contributed by atoms with Crippen molar-refractivity contribution in [2.75, 3.05) is 31.8 Å². The highest BCUT2D eigenvalue weighted by molar-refractivity contribution is 7.90. The van der Waals surface area contributed by atoms with E-state index in [9.17, 15) is 4.55 Å². The van der Waals surface area contributed by atoms with Crippen LogP contribution in [-0.4, -0.2) is 42.5 Å². The van der Waals surface area contributed by atoms with Crippen molar-refractivity contribution in [3.05, 3.63) is 0 Å². The maximum Gasteiger partial charge on any atom is 0.105 e. The lowest BCUT2D eigenvalue weighted by atomic mass is 9.89. The van der Waals surface area contributed by atoms with Gasteiger partial charge in [0, 0.05) is 13.2 Å². The van der Waals surface area contributed by atoms with Gasteiger partial charge >= 0.3 is 0 Å². The van der Waals surface area contributed by atoms with Crippen LogP contribution in [0.25, 0.3) is 0 Å². The van der Waals surface area contributed by atoms with Gasteiger partial charge in [0.25, 0.3) is 0 Å². The van der Waals surface area contributed by atoms with E-state index >= 15 is 0 Å². The van der Waals surface area contributed by atoms with Crippen LogP contribution in [0.4, 0.5) is 0 Å². The molecule has 182 valence electrons. The van der Waals surface area contributed by atoms with E-state index in [2.05, 4.69) is 27.7 Å². The second-order valence-electron chi connectivity index (χ2n) is 10.2. The molecule has 0 rings (SSSR count). The van der Waals surface area contributed by atoms with E-state index in [1.165, 1.54) is 77.0 Å². The van der Waals surface area contributed by atoms with Crippen LogP contribution in [0.15, 0.2) is 0 Å². The van der Waals surface area contributed by atoms with Crippen LogP contribution in [-0.2, 0) is 20.6 Å². The molecule has 0 aromatic rings. The summed E-state index contributed by atoms with van der Waals surface area (Å²) in [7, 11) is 0. The molecule has 0 spiro atoms. The molecule has 0 amide bonds. The normalized spacial score (nSPS) is 14.2. The molecular formula is C26H54O3S. The maximum absolute atomic E-state index is 11.0. The average molecular weight is 447 g/mol. The predicted octanol–water partition coefficient (Wildman–Crippen LogP) is 7.68. The second kappa shape index (κ2) is 21.1. The smallest absolute Gasteiger partial charge is 0.105 e. The van der Waals surface area contributed by atoms with Gasteiger partial charge in [-0.15, -0.1) is 0 Å². The molecule has 0 aromatic heterocycles. The van der Waals surface area contributed by atoms with E-state index < -0.39 is 11.2 Å². The molecule has 30 heavy (non-hydrogen) atoms. The fraction of sp³-hybridized carbons (Fsp3) is 1.00. The molecule has 0 heterocycles. The number of hydrogen-bond donors (Lipinski definition) is 0. The zero-order chi connectivity index (χ0) is 22.5. The Hall–Kier alpha value is 0.230. The van der Waals surface area contributed by atoms with Gasteiger partial charge in [0.2, 0.25) is 0 Å². The molecule has 0 saturated heterocycles. The van der Waals surface area contributed by atoms with Crippen LogP contribution >= 0.6 is 0 Å². The highest BCUT2D eigenvalue weighted by Gasteiger charge is 2.19. The van der Waals surface area contributed by atoms with Crippen molar-refractivity contribution in [3.63, 3.8) is 0 Å². The molecule has 0 N–H and O–H groups in total. The van der Waals surface area contributed by atoms with Gasteiger partial charge < -0.3 is 14.0 Å². The summed E-state index contributed by atoms with van der Waals surface area (Å²) in [5.41, 5.74) is 0.289. The average Bonchev–Trinajstić information content (AvgIpc) is 2.66. The second-order valence-corrected chi connectivity index (χ2v) is 11.8. The SMILES string of the molecule is CCCCOC(COCCCCCCCCCCCCCC[S+](C)[O-])CC(C)(C)C. The summed E-state index contributed by atoms with van der Waals surface area (Å²) >= 11 is -0.604. The highest BCUT2D eigenvalue weighted by Crippen LogP contribution is 2.23. The predicted molar refractivity (Wildman–Crippen MR) is 134 cm³/mol. The molecule has 0 aliphatic carbocycles. The van der Waals surface area contributed by atoms with Gasteiger partial charge in [-0.05, 0) is 37.5 Å². The molecule has 0 bridgehead atoms. The lowest BCUT2D eigenvalue weighted by molar-refractivity contribution is -0.0360. The van der Waals surface area contributed by atoms with Crippen molar-refractivity contribution < 1.29 is 14.0 Å². The zero-order valence-electron chi connectivity index (χ0n) is 21.1. The summed E-state index contributed by atoms with van der Waals surface area (Å²) in [4.78, 5) is 0. The lowest BCUT2D eigenvalue weighted by Gasteiger charge is -2.26. The van der Waals surface area contributed by atoms with E-state index in [-0.39, 0.29) is 11.5 Å². The minimum atomic E-state index is -0.604. The minimum absolute atomic E-state index is 0.243. The first kappa shape index (κ1) is 30.2. The third kappa shape index (κ3) is 24.5. The monoisotopic (exact) mass is 446 g/mol. The van der Waals surface area contributed by atoms with Crippen LogP contribution in [0.1, 0.15) is 124 Å². The van der Waals surface area contributed by atoms with Crippen molar-refractivity contribution in [1.82, 2.24) is 0 Å². The Morgan fingerprint density at radius 3 is 1.70 bits per heavy atom. The van der Waals surface area contributed by atoms with Crippen LogP contribution < -0.4 is 0 Å². The van der Waals surface area contributed by atoms with Gasteiger partial charge in [0.15, 0.2) is 0 Å². The van der Waals surface area contributed by atoms with Gasteiger partial charge in [-0.3, -0.25) is 0 Å². The van der Waals surface area contributed by atoms with Gasteiger partial charge in [0.1, 0.15) is 5.75 Å². The van der Waals surface area contributed by atoms with E-state index in [0.29, 0.717) is 0 Å². The van der Waals surface area contributed by atoms with Crippen molar-refractivity contribution >= 4 is 11.2 Å². The maximum atomic E-state index is 11.0. The van der Waals surface area contributed by atoms with Crippen molar-refractivity contribution in [2.24, 2.45) is 5.41 Å². The summed E-state index contributed by atoms with van der Waals surface area (Å²) < 4.78 is 23.0. The van der Waals surface area contributed by atoms with Crippen LogP contribution in [0, 0.1) is 5.41 Å². The molecule has 0 fully saturated rings. The molecule has 3 nitrogen and oxygen atoms in total. The summed E-state index contributed by atoms with van der Waals surface area (Å²) in [6.45, 7) is 11.5. The Balaban J connectivity index is 3.42. The van der Waals surface area contributed by atoms with Crippen molar-refractivity contribution in [3.8, 4) is 0 Å². The van der Waals surface area contributed by atoms with Crippen molar-refractivity contribution in [2.45, 2.75) is 130 Å². The first-order valence-corrected chi connectivity index (χ1v) is 14.6. The third-order valence-corrected chi connectivity index (χ3v) is 6.33. The van der Waals surface area contributed by atoms with Crippen LogP contribution in [0.5, 0.6) is 0 Å². The fourth-order valence-electron chi connectivity index (χ4n) is 3.74. The molecule has 2 unspecified atom stereocenters. The zero-order valence-corrected chi connectivity index (χ0v) is 22.0. The topological polar surface area (TPSA) is 41.5 Å². The molecule has 0 aromatic carbocycles. The first-order chi connectivity index (χ1) is 14.3. The Kier molecular flexibility index (Phi) is 21.3. The van der Waals surface area contributed by atoms with Gasteiger partial charge in [-0.2, -0.15) is 0 Å². The molecular weight excluding hydrogens is 392 g/mol. The fourth-order valence-corrected chi connectivity index (χ4v) is 4.35. The Bertz CT molecular complexity index is 342. The standard InChI is InChI=1S/C26H54O3S/c1-6-7-21-29-25(23-26(2,3)4)24-28-20-18-16-14-12-10-8-9-11-13-15-17-19-22-30(5)27/h25H,6-24H2,1-5H3. The Morgan fingerprint density at radius 2 is 1.23 bits per heavy atom. The van der Waals surface area contributed by atoms with Crippen LogP contribution in [0.3, 0.4) is 0 Å². The molecule has 0 radical (unpaired) electrons. The number of ether oxygens (including phenoxy) is 2. The van der Waals surface area contributed by atoms with E-state index in [0.717, 1.165) is 44.8 Å². The summed E-state index contributed by atoms with van der Waals surface area (Å²) in [6, 6.07) is 0. The van der Waals surface area contributed by atoms with Gasteiger partial charge in [0.05, 0.1) is 19.0 Å². The third-order valence-electron chi connectivity index (χ3n) is 5.47. The number of hydrogen-bond acceptors (Lipinski definition) is 3. The first-order valence-electron chi connectivity index (χ1n) is 12.8. The van der Waals surface area contributed by atoms with E-state index in [4.69, 9.17) is 9.47 Å². The van der Waals surface area contributed by atoms with Crippen molar-refractivity contribution in [1.29, 1.82) is 0 Å². The molecule has 4 heteroatoms. The number of unbranched alkanes of at least 4 members (excludes halogenated alkanes) is 12. The summed E-state index contributed by atoms with van der Waals surface area (Å²) in [5.74, 6) is 0.884. The van der Waals surface area contributed by atoms with Gasteiger partial charge in [-0.25, -0.2) is 0 Å². The quantitative estimate of drug-likeness (QED) is 0.126. The molecule has 0 aliphatic heterocycles. The number of rotatable bonds is 22. The summed E-state index contributed by atoms with van der Waals surface area (Å²) in [5, 5.41) is 0. The van der Waals surface area contributed by atoms with Crippen LogP contribution in [0.2, 0.25) is 0 Å². The van der Waals surface area contributed by atoms with Gasteiger partial charge in [-0.1, -0.05) is 103 Å². The molecule has 2 atom stereocenters. The molecule has 0 saturated carbocycles. The summed E-state index contributed by atoms with van der Waals surface area (Å²) in [6.07, 6.45) is 21.2. The Labute approximate surface area is 192 Å². The minimum Gasteiger partial charge on any atom is -0.617 e. The Morgan fingerprint density at radius 1 is 0.733 bits per heavy atom. The molecule has 0 aliphatic rings. The largest absolute Gasteiger partial charge is 0.617 e. The highest BCUT2D eigenvalue weighted by atomic mass is 32.2. The van der Waals surface area contributed by atoms with E-state index in [1.54, 1.807) is 6.26 Å². The van der Waals surface area contributed by atoms with E-state index in [1.807, 2.05) is 0 Å².